The van der Waals surface area contributed by atoms with E-state index >= 15 is 0 Å². The lowest BCUT2D eigenvalue weighted by Crippen LogP contribution is -1.95. The maximum atomic E-state index is 4.86. The van der Waals surface area contributed by atoms with Gasteiger partial charge in [-0.15, -0.1) is 0 Å². The maximum absolute atomic E-state index is 4.86. The summed E-state index contributed by atoms with van der Waals surface area (Å²) in [4.78, 5) is 4.86. The first kappa shape index (κ1) is 8.47. The molecule has 0 rings (SSSR count). The molecule has 0 unspecified atom stereocenters. The van der Waals surface area contributed by atoms with Gasteiger partial charge in [0.1, 0.15) is 12.3 Å². The SMILES string of the molecule is CCC/[C]=N\OC(C)C. The van der Waals surface area contributed by atoms with Crippen LogP contribution in [0.2, 0.25) is 0 Å². The van der Waals surface area contributed by atoms with Gasteiger partial charge >= 0.3 is 0 Å². The van der Waals surface area contributed by atoms with E-state index in [1.165, 1.54) is 0 Å². The van der Waals surface area contributed by atoms with E-state index in [1.54, 1.807) is 0 Å². The average molecular weight is 128 g/mol. The van der Waals surface area contributed by atoms with E-state index in [9.17, 15) is 0 Å². The van der Waals surface area contributed by atoms with Gasteiger partial charge in [0.05, 0.1) is 0 Å². The Hall–Kier alpha value is -0.530. The summed E-state index contributed by atoms with van der Waals surface area (Å²) in [7, 11) is 0. The monoisotopic (exact) mass is 128 g/mol. The molecule has 0 heterocycles. The van der Waals surface area contributed by atoms with Gasteiger partial charge in [-0.25, -0.2) is 0 Å². The quantitative estimate of drug-likeness (QED) is 0.419. The number of unbranched alkanes of at least 4 members (excludes halogenated alkanes) is 1. The van der Waals surface area contributed by atoms with Gasteiger partial charge in [0.25, 0.3) is 0 Å². The first-order chi connectivity index (χ1) is 4.27. The largest absolute Gasteiger partial charge is 0.393 e. The zero-order valence-corrected chi connectivity index (χ0v) is 6.35. The molecule has 2 heteroatoms. The molecule has 0 aromatic heterocycles. The summed E-state index contributed by atoms with van der Waals surface area (Å²) in [6, 6.07) is 0. The molecular formula is C7H14NO. The highest BCUT2D eigenvalue weighted by Crippen LogP contribution is 1.88. The molecule has 0 N–H and O–H groups in total. The Morgan fingerprint density at radius 3 is 2.67 bits per heavy atom. The standard InChI is InChI=1S/C7H14NO/c1-4-5-6-8-9-7(2)3/h7H,4-5H2,1-3H3. The van der Waals surface area contributed by atoms with Gasteiger partial charge in [-0.1, -0.05) is 18.5 Å². The minimum atomic E-state index is 0.175. The fourth-order valence-corrected chi connectivity index (χ4v) is 0.300. The van der Waals surface area contributed by atoms with Crippen molar-refractivity contribution >= 4 is 6.21 Å². The second kappa shape index (κ2) is 5.60. The second-order valence-corrected chi connectivity index (χ2v) is 2.15. The van der Waals surface area contributed by atoms with Crippen molar-refractivity contribution in [3.8, 4) is 0 Å². The molecule has 0 atom stereocenters. The lowest BCUT2D eigenvalue weighted by molar-refractivity contribution is 0.0868. The third-order valence-corrected chi connectivity index (χ3v) is 0.690. The van der Waals surface area contributed by atoms with Crippen molar-refractivity contribution in [1.29, 1.82) is 0 Å². The zero-order chi connectivity index (χ0) is 7.11. The van der Waals surface area contributed by atoms with Crippen molar-refractivity contribution in [2.45, 2.75) is 39.7 Å². The molecule has 0 saturated carbocycles. The molecule has 0 saturated heterocycles. The molecule has 0 aliphatic carbocycles. The summed E-state index contributed by atoms with van der Waals surface area (Å²) < 4.78 is 0. The molecule has 0 spiro atoms. The van der Waals surface area contributed by atoms with Crippen molar-refractivity contribution in [1.82, 2.24) is 0 Å². The summed E-state index contributed by atoms with van der Waals surface area (Å²) in [5.74, 6) is 0. The van der Waals surface area contributed by atoms with Crippen molar-refractivity contribution < 1.29 is 4.84 Å². The highest BCUT2D eigenvalue weighted by Gasteiger charge is 1.86. The molecule has 0 aliphatic rings. The summed E-state index contributed by atoms with van der Waals surface area (Å²) in [6.07, 6.45) is 4.90. The molecule has 0 bridgehead atoms. The lowest BCUT2D eigenvalue weighted by Gasteiger charge is -1.98. The van der Waals surface area contributed by atoms with Crippen LogP contribution < -0.4 is 0 Å². The first-order valence-corrected chi connectivity index (χ1v) is 3.36. The zero-order valence-electron chi connectivity index (χ0n) is 6.35. The van der Waals surface area contributed by atoms with Crippen LogP contribution in [0.3, 0.4) is 0 Å². The van der Waals surface area contributed by atoms with E-state index in [2.05, 4.69) is 18.3 Å². The molecule has 0 fully saturated rings. The lowest BCUT2D eigenvalue weighted by atomic mass is 10.4. The Bertz CT molecular complexity index is 79.0. The van der Waals surface area contributed by atoms with Crippen LogP contribution in [0.5, 0.6) is 0 Å². The van der Waals surface area contributed by atoms with E-state index in [-0.39, 0.29) is 6.10 Å². The van der Waals surface area contributed by atoms with E-state index in [0.717, 1.165) is 12.8 Å². The highest BCUT2D eigenvalue weighted by molar-refractivity contribution is 5.55. The summed E-state index contributed by atoms with van der Waals surface area (Å²) >= 11 is 0. The van der Waals surface area contributed by atoms with Crippen LogP contribution in [-0.4, -0.2) is 12.3 Å². The van der Waals surface area contributed by atoms with Crippen LogP contribution in [0.1, 0.15) is 33.6 Å². The Morgan fingerprint density at radius 1 is 1.56 bits per heavy atom. The second-order valence-electron chi connectivity index (χ2n) is 2.15. The normalized spacial score (nSPS) is 11.1. The fourth-order valence-electron chi connectivity index (χ4n) is 0.300. The molecule has 0 aromatic rings. The topological polar surface area (TPSA) is 21.6 Å². The van der Waals surface area contributed by atoms with Gasteiger partial charge in [0, 0.05) is 0 Å². The van der Waals surface area contributed by atoms with Gasteiger partial charge in [-0.3, -0.25) is 0 Å². The predicted molar refractivity (Wildman–Crippen MR) is 38.6 cm³/mol. The maximum Gasteiger partial charge on any atom is 0.122 e. The van der Waals surface area contributed by atoms with Gasteiger partial charge in [0.2, 0.25) is 0 Å². The average Bonchev–Trinajstić information content (AvgIpc) is 1.80. The molecule has 9 heavy (non-hydrogen) atoms. The minimum absolute atomic E-state index is 0.175. The van der Waals surface area contributed by atoms with Crippen LogP contribution in [0.4, 0.5) is 0 Å². The Labute approximate surface area is 56.9 Å². The molecule has 1 radical (unpaired) electrons. The Morgan fingerprint density at radius 2 is 2.22 bits per heavy atom. The van der Waals surface area contributed by atoms with E-state index in [4.69, 9.17) is 4.84 Å². The molecule has 2 nitrogen and oxygen atoms in total. The number of rotatable bonds is 4. The molecular weight excluding hydrogens is 114 g/mol. The third kappa shape index (κ3) is 7.47. The number of hydrogen-bond donors (Lipinski definition) is 0. The van der Waals surface area contributed by atoms with Crippen LogP contribution in [0.25, 0.3) is 0 Å². The van der Waals surface area contributed by atoms with E-state index in [1.807, 2.05) is 13.8 Å². The van der Waals surface area contributed by atoms with Crippen LogP contribution >= 0.6 is 0 Å². The summed E-state index contributed by atoms with van der Waals surface area (Å²) in [5, 5.41) is 3.61. The van der Waals surface area contributed by atoms with Crippen LogP contribution in [0, 0.1) is 0 Å². The number of nitrogens with zero attached hydrogens (tertiary/aromatic N) is 1. The van der Waals surface area contributed by atoms with E-state index in [0.29, 0.717) is 0 Å². The van der Waals surface area contributed by atoms with Crippen molar-refractivity contribution in [3.63, 3.8) is 0 Å². The summed E-state index contributed by atoms with van der Waals surface area (Å²) in [6.45, 7) is 5.96. The fraction of sp³-hybridized carbons (Fsp3) is 0.857. The van der Waals surface area contributed by atoms with Gasteiger partial charge < -0.3 is 4.84 Å². The Kier molecular flexibility index (Phi) is 5.27. The van der Waals surface area contributed by atoms with Crippen molar-refractivity contribution in [3.05, 3.63) is 0 Å². The van der Waals surface area contributed by atoms with Gasteiger partial charge in [-0.2, -0.15) is 0 Å². The highest BCUT2D eigenvalue weighted by atomic mass is 16.6. The first-order valence-electron chi connectivity index (χ1n) is 3.36. The molecule has 0 amide bonds. The molecule has 53 valence electrons. The molecule has 0 aromatic carbocycles. The Balaban J connectivity index is 3.04. The van der Waals surface area contributed by atoms with Crippen LogP contribution in [-0.2, 0) is 4.84 Å². The molecule has 0 aliphatic heterocycles. The van der Waals surface area contributed by atoms with Gasteiger partial charge in [-0.05, 0) is 20.3 Å². The minimum Gasteiger partial charge on any atom is -0.393 e. The van der Waals surface area contributed by atoms with Gasteiger partial charge in [0.15, 0.2) is 0 Å². The van der Waals surface area contributed by atoms with Crippen LogP contribution in [0.15, 0.2) is 5.16 Å². The van der Waals surface area contributed by atoms with Crippen molar-refractivity contribution in [2.75, 3.05) is 0 Å². The third-order valence-electron chi connectivity index (χ3n) is 0.690. The number of hydrogen-bond acceptors (Lipinski definition) is 2. The predicted octanol–water partition coefficient (Wildman–Crippen LogP) is 2.07. The van der Waals surface area contributed by atoms with Crippen molar-refractivity contribution in [2.24, 2.45) is 5.16 Å². The smallest absolute Gasteiger partial charge is 0.122 e. The summed E-state index contributed by atoms with van der Waals surface area (Å²) in [5.41, 5.74) is 0. The van der Waals surface area contributed by atoms with E-state index < -0.39 is 0 Å².